The number of nitrogens with zero attached hydrogens (tertiary/aromatic N) is 2. The number of anilines is 1. The predicted molar refractivity (Wildman–Crippen MR) is 146 cm³/mol. The van der Waals surface area contributed by atoms with E-state index in [0.29, 0.717) is 12.3 Å². The molecule has 0 radical (unpaired) electrons. The van der Waals surface area contributed by atoms with Gasteiger partial charge in [-0.1, -0.05) is 30.3 Å². The first-order chi connectivity index (χ1) is 18.6. The average Bonchev–Trinajstić information content (AvgIpc) is 2.94. The maximum absolute atomic E-state index is 13.9. The number of likely N-dealkylation sites (N-methyl/N-ethyl adjacent to an activating group) is 1. The van der Waals surface area contributed by atoms with Crippen molar-refractivity contribution in [1.29, 1.82) is 0 Å². The van der Waals surface area contributed by atoms with E-state index in [-0.39, 0.29) is 28.8 Å². The van der Waals surface area contributed by atoms with Crippen LogP contribution >= 0.6 is 0 Å². The second-order valence-corrected chi connectivity index (χ2v) is 10.4. The zero-order chi connectivity index (χ0) is 28.6. The number of sulfonamides is 1. The van der Waals surface area contributed by atoms with E-state index in [1.54, 1.807) is 26.0 Å². The van der Waals surface area contributed by atoms with Crippen LogP contribution in [0.25, 0.3) is 0 Å². The lowest BCUT2D eigenvalue weighted by atomic mass is 10.1. The molecule has 0 aromatic heterocycles. The molecular weight excluding hydrogens is 525 g/mol. The minimum absolute atomic E-state index is 0.0739. The van der Waals surface area contributed by atoms with Crippen molar-refractivity contribution in [3.8, 4) is 11.5 Å². The summed E-state index contributed by atoms with van der Waals surface area (Å²) in [6, 6.07) is 17.0. The number of benzene rings is 3. The van der Waals surface area contributed by atoms with E-state index in [4.69, 9.17) is 9.47 Å². The Bertz CT molecular complexity index is 1380. The number of nitrogens with one attached hydrogen (secondary N) is 1. The molecule has 39 heavy (non-hydrogen) atoms. The minimum Gasteiger partial charge on any atom is -0.493 e. The Hall–Kier alpha value is -4.12. The summed E-state index contributed by atoms with van der Waals surface area (Å²) in [7, 11) is -1.56. The first-order valence-corrected chi connectivity index (χ1v) is 13.7. The van der Waals surface area contributed by atoms with Crippen LogP contribution in [-0.2, 0) is 26.2 Å². The van der Waals surface area contributed by atoms with Crippen LogP contribution in [0.2, 0.25) is 0 Å². The van der Waals surface area contributed by atoms with Gasteiger partial charge in [0.1, 0.15) is 18.4 Å². The van der Waals surface area contributed by atoms with E-state index in [0.717, 1.165) is 22.0 Å². The molecule has 0 bridgehead atoms. The summed E-state index contributed by atoms with van der Waals surface area (Å²) in [6.45, 7) is 3.15. The molecule has 3 aromatic rings. The predicted octanol–water partition coefficient (Wildman–Crippen LogP) is 3.59. The lowest BCUT2D eigenvalue weighted by molar-refractivity contribution is -0.139. The van der Waals surface area contributed by atoms with Crippen molar-refractivity contribution in [1.82, 2.24) is 10.2 Å². The quantitative estimate of drug-likeness (QED) is 0.365. The second kappa shape index (κ2) is 13.1. The molecule has 0 aliphatic heterocycles. The Kier molecular flexibility index (Phi) is 9.89. The molecule has 11 heteroatoms. The minimum atomic E-state index is -4.35. The molecule has 1 unspecified atom stereocenters. The van der Waals surface area contributed by atoms with Gasteiger partial charge in [0.25, 0.3) is 10.0 Å². The van der Waals surface area contributed by atoms with Crippen molar-refractivity contribution in [3.05, 3.63) is 84.2 Å². The molecular formula is C28H32FN3O6S. The Morgan fingerprint density at radius 2 is 1.59 bits per heavy atom. The molecule has 3 aromatic carbocycles. The number of amides is 2. The van der Waals surface area contributed by atoms with Gasteiger partial charge in [-0.2, -0.15) is 0 Å². The smallest absolute Gasteiger partial charge is 0.264 e. The summed E-state index contributed by atoms with van der Waals surface area (Å²) in [6.07, 6.45) is 0. The third-order valence-electron chi connectivity index (χ3n) is 6.05. The van der Waals surface area contributed by atoms with Gasteiger partial charge in [0, 0.05) is 19.2 Å². The van der Waals surface area contributed by atoms with Gasteiger partial charge in [0.2, 0.25) is 11.8 Å². The summed E-state index contributed by atoms with van der Waals surface area (Å²) >= 11 is 0. The first kappa shape index (κ1) is 29.4. The number of rotatable bonds is 12. The van der Waals surface area contributed by atoms with E-state index < -0.39 is 34.3 Å². The fourth-order valence-corrected chi connectivity index (χ4v) is 5.36. The molecule has 9 nitrogen and oxygen atoms in total. The van der Waals surface area contributed by atoms with Crippen molar-refractivity contribution >= 4 is 27.5 Å². The second-order valence-electron chi connectivity index (χ2n) is 8.58. The van der Waals surface area contributed by atoms with Crippen molar-refractivity contribution in [2.75, 3.05) is 31.6 Å². The van der Waals surface area contributed by atoms with E-state index in [1.807, 2.05) is 18.2 Å². The summed E-state index contributed by atoms with van der Waals surface area (Å²) in [5.41, 5.74) is 0.836. The van der Waals surface area contributed by atoms with Crippen molar-refractivity contribution in [2.45, 2.75) is 31.3 Å². The van der Waals surface area contributed by atoms with Crippen LogP contribution in [-0.4, -0.2) is 58.5 Å². The van der Waals surface area contributed by atoms with E-state index in [1.165, 1.54) is 49.5 Å². The summed E-state index contributed by atoms with van der Waals surface area (Å²) < 4.78 is 52.9. The fraction of sp³-hybridized carbons (Fsp3) is 0.286. The third-order valence-corrected chi connectivity index (χ3v) is 7.82. The van der Waals surface area contributed by atoms with Crippen LogP contribution in [0.5, 0.6) is 11.5 Å². The maximum Gasteiger partial charge on any atom is 0.264 e. The number of hydrogen-bond donors (Lipinski definition) is 1. The maximum atomic E-state index is 13.9. The van der Waals surface area contributed by atoms with Crippen molar-refractivity contribution in [2.24, 2.45) is 0 Å². The van der Waals surface area contributed by atoms with Gasteiger partial charge in [-0.15, -0.1) is 0 Å². The normalized spacial score (nSPS) is 11.8. The topological polar surface area (TPSA) is 105 Å². The van der Waals surface area contributed by atoms with Crippen LogP contribution in [0.1, 0.15) is 19.4 Å². The molecule has 1 atom stereocenters. The number of ether oxygens (including phenoxy) is 2. The van der Waals surface area contributed by atoms with Crippen LogP contribution in [0, 0.1) is 5.82 Å². The number of halogens is 1. The highest BCUT2D eigenvalue weighted by Crippen LogP contribution is 2.32. The van der Waals surface area contributed by atoms with Crippen LogP contribution in [0.3, 0.4) is 0 Å². The van der Waals surface area contributed by atoms with E-state index in [2.05, 4.69) is 5.32 Å². The molecule has 0 saturated heterocycles. The average molecular weight is 558 g/mol. The molecule has 1 N–H and O–H groups in total. The Morgan fingerprint density at radius 1 is 0.949 bits per heavy atom. The molecule has 0 saturated carbocycles. The monoisotopic (exact) mass is 557 g/mol. The van der Waals surface area contributed by atoms with E-state index >= 15 is 0 Å². The molecule has 208 valence electrons. The number of hydrogen-bond acceptors (Lipinski definition) is 6. The lowest BCUT2D eigenvalue weighted by Crippen LogP contribution is -2.51. The Morgan fingerprint density at radius 3 is 2.18 bits per heavy atom. The highest BCUT2D eigenvalue weighted by atomic mass is 32.2. The third kappa shape index (κ3) is 7.05. The Labute approximate surface area is 228 Å². The van der Waals surface area contributed by atoms with Crippen LogP contribution in [0.4, 0.5) is 10.1 Å². The van der Waals surface area contributed by atoms with Gasteiger partial charge in [-0.05, 0) is 55.8 Å². The Balaban J connectivity index is 2.05. The molecule has 0 heterocycles. The number of carbonyl (C=O) groups excluding carboxylic acids is 2. The zero-order valence-corrected chi connectivity index (χ0v) is 23.1. The van der Waals surface area contributed by atoms with Gasteiger partial charge in [-0.25, -0.2) is 12.8 Å². The van der Waals surface area contributed by atoms with Gasteiger partial charge >= 0.3 is 0 Å². The molecule has 0 aliphatic rings. The largest absolute Gasteiger partial charge is 0.493 e. The lowest BCUT2D eigenvalue weighted by Gasteiger charge is -2.32. The molecule has 0 aliphatic carbocycles. The summed E-state index contributed by atoms with van der Waals surface area (Å²) in [4.78, 5) is 27.6. The SMILES string of the molecule is CCNC(=O)C(C)N(Cc1ccccc1)C(=O)CN(c1ccc(F)cc1)S(=O)(=O)c1ccc(OC)c(OC)c1. The van der Waals surface area contributed by atoms with E-state index in [9.17, 15) is 22.4 Å². The van der Waals surface area contributed by atoms with Gasteiger partial charge in [0.15, 0.2) is 11.5 Å². The van der Waals surface area contributed by atoms with Gasteiger partial charge in [-0.3, -0.25) is 13.9 Å². The van der Waals surface area contributed by atoms with Gasteiger partial charge < -0.3 is 19.7 Å². The molecule has 0 spiro atoms. The highest BCUT2D eigenvalue weighted by molar-refractivity contribution is 7.92. The summed E-state index contributed by atoms with van der Waals surface area (Å²) in [5, 5.41) is 2.71. The number of carbonyl (C=O) groups is 2. The van der Waals surface area contributed by atoms with Crippen molar-refractivity contribution < 1.29 is 31.9 Å². The first-order valence-electron chi connectivity index (χ1n) is 12.2. The number of methoxy groups -OCH3 is 2. The highest BCUT2D eigenvalue weighted by Gasteiger charge is 2.33. The molecule has 2 amide bonds. The summed E-state index contributed by atoms with van der Waals surface area (Å²) in [5.74, 6) is -1.06. The van der Waals surface area contributed by atoms with Crippen LogP contribution < -0.4 is 19.1 Å². The van der Waals surface area contributed by atoms with Gasteiger partial charge in [0.05, 0.1) is 24.8 Å². The van der Waals surface area contributed by atoms with Crippen molar-refractivity contribution in [3.63, 3.8) is 0 Å². The molecule has 0 fully saturated rings. The zero-order valence-electron chi connectivity index (χ0n) is 22.3. The molecule has 3 rings (SSSR count). The standard InChI is InChI=1S/C28H32FN3O6S/c1-5-30-28(34)20(2)31(18-21-9-7-6-8-10-21)27(33)19-32(23-13-11-22(29)12-14-23)39(35,36)24-15-16-25(37-3)26(17-24)38-4/h6-17,20H,5,18-19H2,1-4H3,(H,30,34). The van der Waals surface area contributed by atoms with Crippen LogP contribution in [0.15, 0.2) is 77.7 Å². The fourth-order valence-electron chi connectivity index (χ4n) is 3.92.